The van der Waals surface area contributed by atoms with Gasteiger partial charge in [0.15, 0.2) is 5.16 Å². The van der Waals surface area contributed by atoms with Gasteiger partial charge < -0.3 is 9.72 Å². The van der Waals surface area contributed by atoms with Crippen LogP contribution < -0.4 is 0 Å². The number of nitrogens with zero attached hydrogens (tertiary/aromatic N) is 1. The monoisotopic (exact) mass is 214 g/mol. The standard InChI is InChI=1S/C9H14N2O2S/c1-4-7-5-10-9(11-7)14-6(2)8(12)13-3/h5-6H,4H2,1-3H3,(H,10,11). The third-order valence-corrected chi connectivity index (χ3v) is 2.78. The summed E-state index contributed by atoms with van der Waals surface area (Å²) in [6.45, 7) is 3.84. The third-order valence-electron chi connectivity index (χ3n) is 1.81. The lowest BCUT2D eigenvalue weighted by atomic mass is 10.4. The number of aromatic nitrogens is 2. The Morgan fingerprint density at radius 2 is 2.50 bits per heavy atom. The molecule has 0 saturated heterocycles. The second-order valence-electron chi connectivity index (χ2n) is 2.85. The summed E-state index contributed by atoms with van der Waals surface area (Å²) >= 11 is 1.37. The van der Waals surface area contributed by atoms with Gasteiger partial charge >= 0.3 is 5.97 Å². The Hall–Kier alpha value is -0.970. The molecule has 1 unspecified atom stereocenters. The lowest BCUT2D eigenvalue weighted by Gasteiger charge is -2.05. The molecule has 0 aromatic carbocycles. The molecule has 1 aromatic heterocycles. The fraction of sp³-hybridized carbons (Fsp3) is 0.556. The number of carbonyl (C=O) groups is 1. The molecule has 1 aromatic rings. The van der Waals surface area contributed by atoms with Crippen LogP contribution in [0.15, 0.2) is 11.4 Å². The molecule has 14 heavy (non-hydrogen) atoms. The average Bonchev–Trinajstić information content (AvgIpc) is 2.64. The fourth-order valence-electron chi connectivity index (χ4n) is 0.960. The Labute approximate surface area is 87.4 Å². The van der Waals surface area contributed by atoms with Gasteiger partial charge in [-0.05, 0) is 13.3 Å². The first-order valence-electron chi connectivity index (χ1n) is 4.45. The zero-order valence-electron chi connectivity index (χ0n) is 8.53. The number of nitrogens with one attached hydrogen (secondary N) is 1. The molecule has 0 amide bonds. The first kappa shape index (κ1) is 11.1. The number of hydrogen-bond acceptors (Lipinski definition) is 4. The molecule has 1 N–H and O–H groups in total. The predicted molar refractivity (Wildman–Crippen MR) is 55.3 cm³/mol. The van der Waals surface area contributed by atoms with Crippen LogP contribution in [0.25, 0.3) is 0 Å². The summed E-state index contributed by atoms with van der Waals surface area (Å²) in [7, 11) is 1.39. The molecular weight excluding hydrogens is 200 g/mol. The van der Waals surface area contributed by atoms with Crippen molar-refractivity contribution < 1.29 is 9.53 Å². The van der Waals surface area contributed by atoms with Crippen LogP contribution in [0.5, 0.6) is 0 Å². The summed E-state index contributed by atoms with van der Waals surface area (Å²) in [6, 6.07) is 0. The first-order valence-corrected chi connectivity index (χ1v) is 5.33. The maximum Gasteiger partial charge on any atom is 0.318 e. The number of hydrogen-bond donors (Lipinski definition) is 1. The van der Waals surface area contributed by atoms with Gasteiger partial charge in [0, 0.05) is 11.9 Å². The molecule has 0 aliphatic heterocycles. The van der Waals surface area contributed by atoms with E-state index >= 15 is 0 Å². The maximum atomic E-state index is 11.1. The van der Waals surface area contributed by atoms with E-state index in [0.29, 0.717) is 0 Å². The van der Waals surface area contributed by atoms with Gasteiger partial charge in [-0.3, -0.25) is 4.79 Å². The number of aromatic amines is 1. The Balaban J connectivity index is 2.55. The van der Waals surface area contributed by atoms with E-state index in [2.05, 4.69) is 14.7 Å². The fourth-order valence-corrected chi connectivity index (χ4v) is 1.79. The number of thioether (sulfide) groups is 1. The largest absolute Gasteiger partial charge is 0.468 e. The van der Waals surface area contributed by atoms with Crippen molar-refractivity contribution in [1.29, 1.82) is 0 Å². The SMILES string of the molecule is CCc1cnc(SC(C)C(=O)OC)[nH]1. The lowest BCUT2D eigenvalue weighted by molar-refractivity contribution is -0.139. The molecule has 0 bridgehead atoms. The number of rotatable bonds is 4. The van der Waals surface area contributed by atoms with Gasteiger partial charge in [-0.25, -0.2) is 4.98 Å². The summed E-state index contributed by atoms with van der Waals surface area (Å²) < 4.78 is 4.62. The molecule has 1 atom stereocenters. The van der Waals surface area contributed by atoms with Crippen LogP contribution in [0, 0.1) is 0 Å². The Morgan fingerprint density at radius 3 is 3.00 bits per heavy atom. The highest BCUT2D eigenvalue weighted by Gasteiger charge is 2.15. The van der Waals surface area contributed by atoms with Crippen LogP contribution >= 0.6 is 11.8 Å². The second kappa shape index (κ2) is 5.05. The Morgan fingerprint density at radius 1 is 1.79 bits per heavy atom. The molecular formula is C9H14N2O2S. The third kappa shape index (κ3) is 2.77. The van der Waals surface area contributed by atoms with Crippen LogP contribution in [0.3, 0.4) is 0 Å². The predicted octanol–water partition coefficient (Wildman–Crippen LogP) is 1.63. The topological polar surface area (TPSA) is 55.0 Å². The van der Waals surface area contributed by atoms with Crippen molar-refractivity contribution in [3.05, 3.63) is 11.9 Å². The van der Waals surface area contributed by atoms with Gasteiger partial charge in [-0.2, -0.15) is 0 Å². The average molecular weight is 214 g/mol. The van der Waals surface area contributed by atoms with Gasteiger partial charge in [0.05, 0.1) is 7.11 Å². The van der Waals surface area contributed by atoms with Gasteiger partial charge in [0.1, 0.15) is 5.25 Å². The molecule has 78 valence electrons. The van der Waals surface area contributed by atoms with E-state index in [1.807, 2.05) is 6.92 Å². The van der Waals surface area contributed by atoms with Crippen LogP contribution in [0.1, 0.15) is 19.5 Å². The van der Waals surface area contributed by atoms with E-state index in [4.69, 9.17) is 0 Å². The molecule has 0 fully saturated rings. The summed E-state index contributed by atoms with van der Waals surface area (Å²) in [5.41, 5.74) is 1.07. The molecule has 0 aliphatic carbocycles. The highest BCUT2D eigenvalue weighted by atomic mass is 32.2. The second-order valence-corrected chi connectivity index (χ2v) is 4.18. The van der Waals surface area contributed by atoms with E-state index in [1.165, 1.54) is 18.9 Å². The summed E-state index contributed by atoms with van der Waals surface area (Å²) in [6.07, 6.45) is 2.70. The van der Waals surface area contributed by atoms with Crippen molar-refractivity contribution in [1.82, 2.24) is 9.97 Å². The molecule has 5 heteroatoms. The van der Waals surface area contributed by atoms with Gasteiger partial charge in [0.2, 0.25) is 0 Å². The summed E-state index contributed by atoms with van der Waals surface area (Å²) in [5.74, 6) is -0.232. The zero-order valence-corrected chi connectivity index (χ0v) is 9.35. The van der Waals surface area contributed by atoms with Crippen molar-refractivity contribution in [3.63, 3.8) is 0 Å². The van der Waals surface area contributed by atoms with Crippen LogP contribution in [0.2, 0.25) is 0 Å². The molecule has 0 aliphatic rings. The van der Waals surface area contributed by atoms with Crippen LogP contribution in [-0.4, -0.2) is 28.3 Å². The minimum absolute atomic E-state index is 0.226. The molecule has 0 spiro atoms. The molecule has 1 heterocycles. The van der Waals surface area contributed by atoms with E-state index < -0.39 is 0 Å². The van der Waals surface area contributed by atoms with E-state index in [9.17, 15) is 4.79 Å². The van der Waals surface area contributed by atoms with Crippen molar-refractivity contribution >= 4 is 17.7 Å². The normalized spacial score (nSPS) is 12.5. The van der Waals surface area contributed by atoms with Crippen LogP contribution in [0.4, 0.5) is 0 Å². The summed E-state index contributed by atoms with van der Waals surface area (Å²) in [4.78, 5) is 18.4. The molecule has 0 radical (unpaired) electrons. The summed E-state index contributed by atoms with van der Waals surface area (Å²) in [5, 5.41) is 0.538. The Kier molecular flexibility index (Phi) is 4.00. The van der Waals surface area contributed by atoms with E-state index in [-0.39, 0.29) is 11.2 Å². The number of imidazole rings is 1. The van der Waals surface area contributed by atoms with Crippen molar-refractivity contribution in [2.75, 3.05) is 7.11 Å². The highest BCUT2D eigenvalue weighted by Crippen LogP contribution is 2.20. The van der Waals surface area contributed by atoms with E-state index in [0.717, 1.165) is 17.3 Å². The van der Waals surface area contributed by atoms with Crippen molar-refractivity contribution in [3.8, 4) is 0 Å². The number of H-pyrrole nitrogens is 1. The van der Waals surface area contributed by atoms with Gasteiger partial charge in [-0.1, -0.05) is 18.7 Å². The number of aryl methyl sites for hydroxylation is 1. The Bertz CT molecular complexity index is 312. The zero-order chi connectivity index (χ0) is 10.6. The first-order chi connectivity index (χ1) is 6.67. The van der Waals surface area contributed by atoms with Gasteiger partial charge in [-0.15, -0.1) is 0 Å². The van der Waals surface area contributed by atoms with E-state index in [1.54, 1.807) is 13.1 Å². The minimum Gasteiger partial charge on any atom is -0.468 e. The number of esters is 1. The molecule has 0 saturated carbocycles. The minimum atomic E-state index is -0.232. The van der Waals surface area contributed by atoms with Crippen LogP contribution in [-0.2, 0) is 16.0 Å². The smallest absolute Gasteiger partial charge is 0.318 e. The van der Waals surface area contributed by atoms with Gasteiger partial charge in [0.25, 0.3) is 0 Å². The van der Waals surface area contributed by atoms with Crippen molar-refractivity contribution in [2.24, 2.45) is 0 Å². The van der Waals surface area contributed by atoms with Crippen molar-refractivity contribution in [2.45, 2.75) is 30.7 Å². The maximum absolute atomic E-state index is 11.1. The lowest BCUT2D eigenvalue weighted by Crippen LogP contribution is -2.14. The number of methoxy groups -OCH3 is 1. The number of ether oxygens (including phenoxy) is 1. The quantitative estimate of drug-likeness (QED) is 0.611. The molecule has 4 nitrogen and oxygen atoms in total. The number of carbonyl (C=O) groups excluding carboxylic acids is 1. The molecule has 1 rings (SSSR count). The highest BCUT2D eigenvalue weighted by molar-refractivity contribution is 8.00.